The Labute approximate surface area is 123 Å². The second-order valence-corrected chi connectivity index (χ2v) is 5.77. The van der Waals surface area contributed by atoms with Gasteiger partial charge >= 0.3 is 0 Å². The van der Waals surface area contributed by atoms with Gasteiger partial charge < -0.3 is 10.2 Å². The van der Waals surface area contributed by atoms with Crippen LogP contribution in [0.15, 0.2) is 24.3 Å². The zero-order chi connectivity index (χ0) is 14.5. The van der Waals surface area contributed by atoms with Gasteiger partial charge in [-0.3, -0.25) is 9.59 Å². The Hall–Kier alpha value is -1.49. The third kappa shape index (κ3) is 2.98. The van der Waals surface area contributed by atoms with Crippen LogP contribution in [-0.4, -0.2) is 36.4 Å². The quantitative estimate of drug-likeness (QED) is 0.847. The molecule has 1 heterocycles. The van der Waals surface area contributed by atoms with E-state index >= 15 is 0 Å². The minimum absolute atomic E-state index is 0.00750. The van der Waals surface area contributed by atoms with Crippen LogP contribution in [0, 0.1) is 0 Å². The Balaban J connectivity index is 2.35. The number of para-hydroxylation sites is 1. The zero-order valence-electron chi connectivity index (χ0n) is 11.9. The fourth-order valence-corrected chi connectivity index (χ4v) is 2.80. The van der Waals surface area contributed by atoms with Crippen LogP contribution in [0.1, 0.15) is 30.1 Å². The molecule has 0 spiro atoms. The van der Waals surface area contributed by atoms with Gasteiger partial charge in [0.2, 0.25) is 5.91 Å². The number of anilines is 1. The van der Waals surface area contributed by atoms with Gasteiger partial charge in [-0.05, 0) is 37.0 Å². The van der Waals surface area contributed by atoms with Crippen molar-refractivity contribution in [2.24, 2.45) is 0 Å². The van der Waals surface area contributed by atoms with Crippen molar-refractivity contribution in [1.82, 2.24) is 5.32 Å². The molecule has 0 aromatic heterocycles. The van der Waals surface area contributed by atoms with Crippen molar-refractivity contribution in [3.05, 3.63) is 29.8 Å². The van der Waals surface area contributed by atoms with Gasteiger partial charge in [0.15, 0.2) is 0 Å². The molecule has 2 rings (SSSR count). The monoisotopic (exact) mass is 292 g/mol. The standard InChI is InChI=1S/C15H20N2O2S/c1-3-12-15(19)17(9-6-10-20-2)13-8-5-4-7-11(13)14(18)16-12/h4-5,7-8,12H,3,6,9-10H2,1-2H3,(H,16,18). The Bertz CT molecular complexity index is 504. The molecule has 20 heavy (non-hydrogen) atoms. The van der Waals surface area contributed by atoms with E-state index in [0.29, 0.717) is 18.5 Å². The molecule has 0 fully saturated rings. The van der Waals surface area contributed by atoms with Crippen molar-refractivity contribution in [2.45, 2.75) is 25.8 Å². The van der Waals surface area contributed by atoms with Crippen molar-refractivity contribution in [3.63, 3.8) is 0 Å². The number of hydrogen-bond donors (Lipinski definition) is 1. The maximum atomic E-state index is 12.6. The first-order valence-electron chi connectivity index (χ1n) is 6.89. The first-order chi connectivity index (χ1) is 9.69. The lowest BCUT2D eigenvalue weighted by atomic mass is 10.1. The second-order valence-electron chi connectivity index (χ2n) is 4.79. The van der Waals surface area contributed by atoms with E-state index in [2.05, 4.69) is 11.6 Å². The van der Waals surface area contributed by atoms with Crippen LogP contribution in [0.3, 0.4) is 0 Å². The fourth-order valence-electron chi connectivity index (χ4n) is 2.38. The molecule has 108 valence electrons. The number of carbonyl (C=O) groups is 2. The molecule has 0 saturated carbocycles. The predicted octanol–water partition coefficient (Wildman–Crippen LogP) is 2.29. The summed E-state index contributed by atoms with van der Waals surface area (Å²) in [4.78, 5) is 26.5. The Morgan fingerprint density at radius 1 is 1.30 bits per heavy atom. The third-order valence-corrected chi connectivity index (χ3v) is 4.14. The van der Waals surface area contributed by atoms with Gasteiger partial charge in [-0.1, -0.05) is 19.1 Å². The van der Waals surface area contributed by atoms with Gasteiger partial charge in [0.25, 0.3) is 5.91 Å². The summed E-state index contributed by atoms with van der Waals surface area (Å²) in [6, 6.07) is 6.90. The molecule has 2 amide bonds. The highest BCUT2D eigenvalue weighted by atomic mass is 32.2. The number of nitrogens with one attached hydrogen (secondary N) is 1. The summed E-state index contributed by atoms with van der Waals surface area (Å²) in [5.41, 5.74) is 1.31. The number of benzene rings is 1. The largest absolute Gasteiger partial charge is 0.340 e. The lowest BCUT2D eigenvalue weighted by Gasteiger charge is -2.24. The highest BCUT2D eigenvalue weighted by Gasteiger charge is 2.31. The molecule has 1 atom stereocenters. The highest BCUT2D eigenvalue weighted by Crippen LogP contribution is 2.25. The first kappa shape index (κ1) is 14.9. The van der Waals surface area contributed by atoms with Crippen LogP contribution in [0.25, 0.3) is 0 Å². The summed E-state index contributed by atoms with van der Waals surface area (Å²) >= 11 is 1.76. The molecule has 1 unspecified atom stereocenters. The van der Waals surface area contributed by atoms with E-state index in [0.717, 1.165) is 17.9 Å². The summed E-state index contributed by atoms with van der Waals surface area (Å²) in [5.74, 6) is 0.837. The number of fused-ring (bicyclic) bond motifs is 1. The second kappa shape index (κ2) is 6.79. The minimum atomic E-state index is -0.427. The van der Waals surface area contributed by atoms with Crippen LogP contribution in [0.4, 0.5) is 5.69 Å². The number of nitrogens with zero attached hydrogens (tertiary/aromatic N) is 1. The van der Waals surface area contributed by atoms with Gasteiger partial charge in [-0.25, -0.2) is 0 Å². The van der Waals surface area contributed by atoms with Crippen LogP contribution in [0.2, 0.25) is 0 Å². The van der Waals surface area contributed by atoms with Gasteiger partial charge in [0.1, 0.15) is 6.04 Å². The van der Waals surface area contributed by atoms with Crippen LogP contribution < -0.4 is 10.2 Å². The van der Waals surface area contributed by atoms with E-state index < -0.39 is 6.04 Å². The van der Waals surface area contributed by atoms with Crippen LogP contribution >= 0.6 is 11.8 Å². The SMILES string of the molecule is CCC1NC(=O)c2ccccc2N(CCCSC)C1=O. The van der Waals surface area contributed by atoms with Crippen LogP contribution in [0.5, 0.6) is 0 Å². The maximum Gasteiger partial charge on any atom is 0.254 e. The average Bonchev–Trinajstić information content (AvgIpc) is 2.57. The highest BCUT2D eigenvalue weighted by molar-refractivity contribution is 7.98. The summed E-state index contributed by atoms with van der Waals surface area (Å²) in [6.07, 6.45) is 3.58. The topological polar surface area (TPSA) is 49.4 Å². The molecule has 1 N–H and O–H groups in total. The van der Waals surface area contributed by atoms with E-state index in [4.69, 9.17) is 0 Å². The summed E-state index contributed by atoms with van der Waals surface area (Å²) in [5, 5.41) is 2.82. The van der Waals surface area contributed by atoms with Crippen molar-refractivity contribution < 1.29 is 9.59 Å². The van der Waals surface area contributed by atoms with E-state index in [1.807, 2.05) is 25.1 Å². The van der Waals surface area contributed by atoms with Crippen molar-refractivity contribution >= 4 is 29.3 Å². The molecule has 0 aliphatic carbocycles. The van der Waals surface area contributed by atoms with Gasteiger partial charge in [-0.15, -0.1) is 0 Å². The molecule has 0 bridgehead atoms. The molecule has 0 radical (unpaired) electrons. The number of thioether (sulfide) groups is 1. The molecule has 1 aliphatic rings. The van der Waals surface area contributed by atoms with Crippen LogP contribution in [-0.2, 0) is 4.79 Å². The summed E-state index contributed by atoms with van der Waals surface area (Å²) in [7, 11) is 0. The zero-order valence-corrected chi connectivity index (χ0v) is 12.7. The molecule has 1 aliphatic heterocycles. The lowest BCUT2D eigenvalue weighted by Crippen LogP contribution is -2.45. The minimum Gasteiger partial charge on any atom is -0.340 e. The average molecular weight is 292 g/mol. The molecule has 5 heteroatoms. The number of amides is 2. The van der Waals surface area contributed by atoms with Crippen molar-refractivity contribution in [3.8, 4) is 0 Å². The molecular formula is C15H20N2O2S. The predicted molar refractivity (Wildman–Crippen MR) is 83.3 cm³/mol. The Kier molecular flexibility index (Phi) is 5.06. The van der Waals surface area contributed by atoms with E-state index in [9.17, 15) is 9.59 Å². The van der Waals surface area contributed by atoms with Crippen molar-refractivity contribution in [2.75, 3.05) is 23.5 Å². The van der Waals surface area contributed by atoms with E-state index in [1.54, 1.807) is 22.7 Å². The molecule has 4 nitrogen and oxygen atoms in total. The van der Waals surface area contributed by atoms with E-state index in [-0.39, 0.29) is 11.8 Å². The smallest absolute Gasteiger partial charge is 0.254 e. The van der Waals surface area contributed by atoms with E-state index in [1.165, 1.54) is 0 Å². The number of hydrogen-bond acceptors (Lipinski definition) is 3. The molecular weight excluding hydrogens is 272 g/mol. The summed E-state index contributed by atoms with van der Waals surface area (Å²) in [6.45, 7) is 2.57. The lowest BCUT2D eigenvalue weighted by molar-refractivity contribution is -0.120. The van der Waals surface area contributed by atoms with Crippen molar-refractivity contribution in [1.29, 1.82) is 0 Å². The number of rotatable bonds is 5. The first-order valence-corrected chi connectivity index (χ1v) is 8.28. The number of carbonyl (C=O) groups excluding carboxylic acids is 2. The Morgan fingerprint density at radius 2 is 2.05 bits per heavy atom. The fraction of sp³-hybridized carbons (Fsp3) is 0.467. The maximum absolute atomic E-state index is 12.6. The summed E-state index contributed by atoms with van der Waals surface area (Å²) < 4.78 is 0. The molecule has 1 aromatic rings. The third-order valence-electron chi connectivity index (χ3n) is 3.45. The Morgan fingerprint density at radius 3 is 2.75 bits per heavy atom. The molecule has 0 saturated heterocycles. The normalized spacial score (nSPS) is 18.5. The van der Waals surface area contributed by atoms with Gasteiger partial charge in [0.05, 0.1) is 11.3 Å². The van der Waals surface area contributed by atoms with Gasteiger partial charge in [0, 0.05) is 6.54 Å². The van der Waals surface area contributed by atoms with Gasteiger partial charge in [-0.2, -0.15) is 11.8 Å². The molecule has 1 aromatic carbocycles.